The summed E-state index contributed by atoms with van der Waals surface area (Å²) in [6, 6.07) is 11.3. The van der Waals surface area contributed by atoms with Gasteiger partial charge in [-0.1, -0.05) is 35.3 Å². The van der Waals surface area contributed by atoms with E-state index in [4.69, 9.17) is 23.2 Å². The van der Waals surface area contributed by atoms with Crippen molar-refractivity contribution in [3.8, 4) is 11.1 Å². The van der Waals surface area contributed by atoms with Crippen LogP contribution in [0.4, 0.5) is 5.69 Å². The zero-order chi connectivity index (χ0) is 17.0. The van der Waals surface area contributed by atoms with Gasteiger partial charge in [0.1, 0.15) is 0 Å². The zero-order valence-electron chi connectivity index (χ0n) is 14.2. The molecule has 3 aliphatic heterocycles. The van der Waals surface area contributed by atoms with E-state index in [2.05, 4.69) is 28.4 Å². The summed E-state index contributed by atoms with van der Waals surface area (Å²) in [4.78, 5) is 2.71. The highest BCUT2D eigenvalue weighted by molar-refractivity contribution is 6.43. The van der Waals surface area contributed by atoms with E-state index in [1.54, 1.807) is 0 Å². The lowest BCUT2D eigenvalue weighted by molar-refractivity contribution is 0.401. The average Bonchev–Trinajstić information content (AvgIpc) is 2.79. The largest absolute Gasteiger partial charge is 0.367 e. The summed E-state index contributed by atoms with van der Waals surface area (Å²) in [5.74, 6) is 0.596. The number of anilines is 1. The summed E-state index contributed by atoms with van der Waals surface area (Å²) >= 11 is 12.8. The highest BCUT2D eigenvalue weighted by Crippen LogP contribution is 2.49. The molecule has 0 amide bonds. The lowest BCUT2D eigenvalue weighted by Crippen LogP contribution is -2.44. The molecule has 5 rings (SSSR count). The van der Waals surface area contributed by atoms with Crippen molar-refractivity contribution in [2.45, 2.75) is 37.6 Å². The zero-order valence-corrected chi connectivity index (χ0v) is 15.7. The molecule has 2 unspecified atom stereocenters. The first kappa shape index (κ1) is 16.0. The van der Waals surface area contributed by atoms with E-state index in [1.807, 2.05) is 12.1 Å². The Morgan fingerprint density at radius 3 is 2.96 bits per heavy atom. The molecule has 130 valence electrons. The number of benzene rings is 2. The van der Waals surface area contributed by atoms with Crippen molar-refractivity contribution in [3.05, 3.63) is 51.5 Å². The first-order chi connectivity index (χ1) is 12.2. The molecular formula is C21H22Cl2N2. The SMILES string of the molecule is Clc1cccc(-c2cc3c4c(c2)C2CNCCC2N4CCCC3)c1Cl. The number of hydrogen-bond donors (Lipinski definition) is 1. The van der Waals surface area contributed by atoms with Crippen molar-refractivity contribution in [2.75, 3.05) is 24.5 Å². The van der Waals surface area contributed by atoms with E-state index in [0.717, 1.165) is 25.1 Å². The molecule has 0 bridgehead atoms. The second-order valence-corrected chi connectivity index (χ2v) is 8.28. The summed E-state index contributed by atoms with van der Waals surface area (Å²) in [7, 11) is 0. The first-order valence-electron chi connectivity index (χ1n) is 9.32. The van der Waals surface area contributed by atoms with Gasteiger partial charge >= 0.3 is 0 Å². The van der Waals surface area contributed by atoms with Crippen LogP contribution < -0.4 is 10.2 Å². The van der Waals surface area contributed by atoms with Gasteiger partial charge in [0.05, 0.1) is 10.0 Å². The molecule has 0 saturated carbocycles. The third-order valence-corrected chi connectivity index (χ3v) is 6.93. The van der Waals surface area contributed by atoms with Crippen LogP contribution >= 0.6 is 23.2 Å². The number of halogens is 2. The summed E-state index contributed by atoms with van der Waals surface area (Å²) in [5.41, 5.74) is 6.81. The summed E-state index contributed by atoms with van der Waals surface area (Å²) in [6.07, 6.45) is 4.97. The number of hydrogen-bond acceptors (Lipinski definition) is 2. The molecule has 2 nitrogen and oxygen atoms in total. The molecule has 1 N–H and O–H groups in total. The van der Waals surface area contributed by atoms with Crippen LogP contribution in [0, 0.1) is 0 Å². The van der Waals surface area contributed by atoms with Crippen molar-refractivity contribution in [1.29, 1.82) is 0 Å². The minimum absolute atomic E-state index is 0.596. The van der Waals surface area contributed by atoms with Gasteiger partial charge in [0.15, 0.2) is 0 Å². The Hall–Kier alpha value is -1.22. The van der Waals surface area contributed by atoms with Crippen molar-refractivity contribution >= 4 is 28.9 Å². The number of nitrogens with zero attached hydrogens (tertiary/aromatic N) is 1. The van der Waals surface area contributed by atoms with E-state index < -0.39 is 0 Å². The summed E-state index contributed by atoms with van der Waals surface area (Å²) < 4.78 is 0. The van der Waals surface area contributed by atoms with E-state index in [-0.39, 0.29) is 0 Å². The summed E-state index contributed by atoms with van der Waals surface area (Å²) in [6.45, 7) is 3.42. The number of fused-ring (bicyclic) bond motifs is 3. The highest BCUT2D eigenvalue weighted by atomic mass is 35.5. The maximum absolute atomic E-state index is 6.53. The summed E-state index contributed by atoms with van der Waals surface area (Å²) in [5, 5.41) is 4.90. The third-order valence-electron chi connectivity index (χ3n) is 6.11. The van der Waals surface area contributed by atoms with Gasteiger partial charge in [-0.25, -0.2) is 0 Å². The molecule has 0 spiro atoms. The fourth-order valence-corrected chi connectivity index (χ4v) is 5.41. The maximum atomic E-state index is 6.53. The average molecular weight is 373 g/mol. The molecule has 3 heterocycles. The van der Waals surface area contributed by atoms with Crippen LogP contribution in [0.3, 0.4) is 0 Å². The first-order valence-corrected chi connectivity index (χ1v) is 10.1. The fraction of sp³-hybridized carbons (Fsp3) is 0.429. The Bertz CT molecular complexity index is 833. The van der Waals surface area contributed by atoms with Crippen LogP contribution in [-0.2, 0) is 6.42 Å². The molecule has 2 atom stereocenters. The third kappa shape index (κ3) is 2.50. The van der Waals surface area contributed by atoms with Gasteiger partial charge in [-0.05, 0) is 67.1 Å². The van der Waals surface area contributed by atoms with Gasteiger partial charge < -0.3 is 10.2 Å². The topological polar surface area (TPSA) is 15.3 Å². The number of rotatable bonds is 1. The van der Waals surface area contributed by atoms with Crippen molar-refractivity contribution < 1.29 is 0 Å². The minimum atomic E-state index is 0.596. The van der Waals surface area contributed by atoms with Crippen molar-refractivity contribution in [1.82, 2.24) is 5.32 Å². The highest BCUT2D eigenvalue weighted by Gasteiger charge is 2.41. The lowest BCUT2D eigenvalue weighted by Gasteiger charge is -2.33. The lowest BCUT2D eigenvalue weighted by atomic mass is 9.87. The molecule has 0 aromatic heterocycles. The predicted molar refractivity (Wildman–Crippen MR) is 106 cm³/mol. The minimum Gasteiger partial charge on any atom is -0.367 e. The number of aryl methyl sites for hydroxylation is 1. The molecule has 2 aromatic rings. The van der Waals surface area contributed by atoms with E-state index in [9.17, 15) is 0 Å². The van der Waals surface area contributed by atoms with Crippen LogP contribution in [0.2, 0.25) is 10.0 Å². The molecular weight excluding hydrogens is 351 g/mol. The van der Waals surface area contributed by atoms with Gasteiger partial charge in [-0.3, -0.25) is 0 Å². The molecule has 1 fully saturated rings. The monoisotopic (exact) mass is 372 g/mol. The Morgan fingerprint density at radius 1 is 1.12 bits per heavy atom. The van der Waals surface area contributed by atoms with Gasteiger partial charge in [0.25, 0.3) is 0 Å². The van der Waals surface area contributed by atoms with Gasteiger partial charge in [0, 0.05) is 36.3 Å². The molecule has 25 heavy (non-hydrogen) atoms. The number of piperidine rings is 1. The number of nitrogens with one attached hydrogen (secondary N) is 1. The van der Waals surface area contributed by atoms with Crippen LogP contribution in [0.1, 0.15) is 36.3 Å². The predicted octanol–water partition coefficient (Wildman–Crippen LogP) is 5.26. The second-order valence-electron chi connectivity index (χ2n) is 7.49. The Labute approximate surface area is 159 Å². The van der Waals surface area contributed by atoms with Gasteiger partial charge in [-0.2, -0.15) is 0 Å². The molecule has 4 heteroatoms. The molecule has 2 aromatic carbocycles. The Balaban J connectivity index is 1.70. The van der Waals surface area contributed by atoms with Crippen LogP contribution in [0.5, 0.6) is 0 Å². The maximum Gasteiger partial charge on any atom is 0.0670 e. The standard InChI is InChI=1S/C21H22Cl2N2/c22-18-6-3-5-15(20(18)23)14-10-13-4-1-2-9-25-19-7-8-24-12-17(19)16(11-14)21(13)25/h3,5-6,10-11,17,19,24H,1-2,4,7-9,12H2. The molecule has 0 radical (unpaired) electrons. The second kappa shape index (κ2) is 6.19. The van der Waals surface area contributed by atoms with E-state index >= 15 is 0 Å². The van der Waals surface area contributed by atoms with Crippen LogP contribution in [0.15, 0.2) is 30.3 Å². The molecule has 1 saturated heterocycles. The van der Waals surface area contributed by atoms with Gasteiger partial charge in [0.2, 0.25) is 0 Å². The van der Waals surface area contributed by atoms with Crippen LogP contribution in [0.25, 0.3) is 11.1 Å². The Morgan fingerprint density at radius 2 is 2.04 bits per heavy atom. The smallest absolute Gasteiger partial charge is 0.0670 e. The quantitative estimate of drug-likeness (QED) is 0.733. The van der Waals surface area contributed by atoms with Gasteiger partial charge in [-0.15, -0.1) is 0 Å². The van der Waals surface area contributed by atoms with Crippen molar-refractivity contribution in [3.63, 3.8) is 0 Å². The van der Waals surface area contributed by atoms with E-state index in [1.165, 1.54) is 48.2 Å². The normalized spacial score (nSPS) is 24.6. The fourth-order valence-electron chi connectivity index (χ4n) is 5.00. The van der Waals surface area contributed by atoms with Crippen LogP contribution in [-0.4, -0.2) is 25.7 Å². The molecule has 0 aliphatic carbocycles. The van der Waals surface area contributed by atoms with Crippen molar-refractivity contribution in [2.24, 2.45) is 0 Å². The van der Waals surface area contributed by atoms with E-state index in [0.29, 0.717) is 22.0 Å². The molecule has 3 aliphatic rings. The Kier molecular flexibility index (Phi) is 3.96.